The minimum absolute atomic E-state index is 0. The first-order valence-electron chi connectivity index (χ1n) is 5.30. The molecule has 2 heterocycles. The summed E-state index contributed by atoms with van der Waals surface area (Å²) < 4.78 is 0. The van der Waals surface area contributed by atoms with Crippen LogP contribution in [0.4, 0.5) is 5.82 Å². The third kappa shape index (κ3) is 4.12. The lowest BCUT2D eigenvalue weighted by atomic mass is 10.1. The van der Waals surface area contributed by atoms with E-state index < -0.39 is 0 Å². The van der Waals surface area contributed by atoms with Crippen LogP contribution in [0.1, 0.15) is 19.3 Å². The fraction of sp³-hybridized carbons (Fsp3) is 0.600. The fourth-order valence-corrected chi connectivity index (χ4v) is 1.91. The van der Waals surface area contributed by atoms with Crippen molar-refractivity contribution >= 4 is 29.8 Å². The van der Waals surface area contributed by atoms with Crippen molar-refractivity contribution in [3.8, 4) is 0 Å². The number of piperidine rings is 1. The average molecular weight is 263 g/mol. The van der Waals surface area contributed by atoms with Gasteiger partial charge in [-0.2, -0.15) is 0 Å². The lowest BCUT2D eigenvalue weighted by Crippen LogP contribution is -2.39. The molecule has 16 heavy (non-hydrogen) atoms. The predicted octanol–water partition coefficient (Wildman–Crippen LogP) is 2.11. The number of halogens is 2. The van der Waals surface area contributed by atoms with Gasteiger partial charge in [-0.15, -0.1) is 12.4 Å². The van der Waals surface area contributed by atoms with E-state index in [-0.39, 0.29) is 17.7 Å². The largest absolute Gasteiger partial charge is 0.368 e. The second kappa shape index (κ2) is 6.89. The standard InChI is InChI=1S/C10H15ClN4.ClH/c11-10-13-6-4-9(15-10)14-7-8-3-1-2-5-12-8;/h4,6,8,12H,1-3,5,7H2,(H,13,14,15);1H. The summed E-state index contributed by atoms with van der Waals surface area (Å²) in [7, 11) is 0. The highest BCUT2D eigenvalue weighted by Gasteiger charge is 2.11. The highest BCUT2D eigenvalue weighted by molar-refractivity contribution is 6.28. The number of nitrogens with zero attached hydrogens (tertiary/aromatic N) is 2. The van der Waals surface area contributed by atoms with E-state index in [1.807, 2.05) is 6.07 Å². The average Bonchev–Trinajstić information content (AvgIpc) is 2.28. The smallest absolute Gasteiger partial charge is 0.224 e. The van der Waals surface area contributed by atoms with E-state index >= 15 is 0 Å². The summed E-state index contributed by atoms with van der Waals surface area (Å²) >= 11 is 5.69. The van der Waals surface area contributed by atoms with Crippen LogP contribution in [0.15, 0.2) is 12.3 Å². The number of hydrogen-bond acceptors (Lipinski definition) is 4. The van der Waals surface area contributed by atoms with Gasteiger partial charge in [0.05, 0.1) is 0 Å². The first-order chi connectivity index (χ1) is 7.34. The Morgan fingerprint density at radius 1 is 1.50 bits per heavy atom. The third-order valence-corrected chi connectivity index (χ3v) is 2.75. The number of nitrogens with one attached hydrogen (secondary N) is 2. The molecule has 1 atom stereocenters. The van der Waals surface area contributed by atoms with E-state index in [0.717, 1.165) is 18.9 Å². The summed E-state index contributed by atoms with van der Waals surface area (Å²) in [4.78, 5) is 7.91. The van der Waals surface area contributed by atoms with Crippen molar-refractivity contribution in [2.45, 2.75) is 25.3 Å². The van der Waals surface area contributed by atoms with Crippen molar-refractivity contribution in [1.82, 2.24) is 15.3 Å². The summed E-state index contributed by atoms with van der Waals surface area (Å²) in [6, 6.07) is 2.38. The minimum atomic E-state index is 0. The van der Waals surface area contributed by atoms with Gasteiger partial charge in [0.15, 0.2) is 0 Å². The number of anilines is 1. The molecule has 2 N–H and O–H groups in total. The highest BCUT2D eigenvalue weighted by atomic mass is 35.5. The Morgan fingerprint density at radius 2 is 2.38 bits per heavy atom. The molecule has 2 rings (SSSR count). The lowest BCUT2D eigenvalue weighted by Gasteiger charge is -2.23. The van der Waals surface area contributed by atoms with Crippen LogP contribution in [0.5, 0.6) is 0 Å². The van der Waals surface area contributed by atoms with Gasteiger partial charge >= 0.3 is 0 Å². The molecule has 0 spiro atoms. The van der Waals surface area contributed by atoms with Crippen molar-refractivity contribution in [2.24, 2.45) is 0 Å². The van der Waals surface area contributed by atoms with Gasteiger partial charge in [-0.05, 0) is 37.1 Å². The topological polar surface area (TPSA) is 49.8 Å². The zero-order chi connectivity index (χ0) is 10.5. The first kappa shape index (κ1) is 13.5. The van der Waals surface area contributed by atoms with Crippen molar-refractivity contribution in [3.05, 3.63) is 17.5 Å². The summed E-state index contributed by atoms with van der Waals surface area (Å²) in [5.74, 6) is 0.794. The Kier molecular flexibility index (Phi) is 5.80. The molecule has 0 aliphatic carbocycles. The Balaban J connectivity index is 0.00000128. The molecule has 0 aromatic carbocycles. The maximum Gasteiger partial charge on any atom is 0.224 e. The van der Waals surface area contributed by atoms with Gasteiger partial charge in [0.25, 0.3) is 0 Å². The van der Waals surface area contributed by atoms with Gasteiger partial charge in [-0.25, -0.2) is 9.97 Å². The lowest BCUT2D eigenvalue weighted by molar-refractivity contribution is 0.414. The zero-order valence-electron chi connectivity index (χ0n) is 8.95. The number of aromatic nitrogens is 2. The van der Waals surface area contributed by atoms with Crippen LogP contribution in [0, 0.1) is 0 Å². The van der Waals surface area contributed by atoms with Gasteiger partial charge in [0.1, 0.15) is 5.82 Å². The summed E-state index contributed by atoms with van der Waals surface area (Å²) in [5.41, 5.74) is 0. The molecule has 1 saturated heterocycles. The molecule has 0 radical (unpaired) electrons. The van der Waals surface area contributed by atoms with Crippen molar-refractivity contribution in [2.75, 3.05) is 18.4 Å². The van der Waals surface area contributed by atoms with Crippen LogP contribution in [0.2, 0.25) is 5.28 Å². The summed E-state index contributed by atoms with van der Waals surface area (Å²) in [6.45, 7) is 2.02. The van der Waals surface area contributed by atoms with Crippen LogP contribution in [-0.2, 0) is 0 Å². The molecule has 1 aromatic rings. The molecule has 0 bridgehead atoms. The molecule has 6 heteroatoms. The quantitative estimate of drug-likeness (QED) is 0.820. The molecule has 1 aliphatic rings. The van der Waals surface area contributed by atoms with Gasteiger partial charge in [0.2, 0.25) is 5.28 Å². The van der Waals surface area contributed by atoms with E-state index in [2.05, 4.69) is 20.6 Å². The van der Waals surface area contributed by atoms with Crippen molar-refractivity contribution in [1.29, 1.82) is 0 Å². The van der Waals surface area contributed by atoms with Crippen LogP contribution in [0.3, 0.4) is 0 Å². The Labute approximate surface area is 107 Å². The molecule has 1 unspecified atom stereocenters. The molecule has 1 fully saturated rings. The van der Waals surface area contributed by atoms with E-state index in [9.17, 15) is 0 Å². The monoisotopic (exact) mass is 262 g/mol. The predicted molar refractivity (Wildman–Crippen MR) is 68.4 cm³/mol. The van der Waals surface area contributed by atoms with E-state index in [4.69, 9.17) is 11.6 Å². The fourth-order valence-electron chi connectivity index (χ4n) is 1.76. The molecule has 0 amide bonds. The van der Waals surface area contributed by atoms with Crippen LogP contribution in [0.25, 0.3) is 0 Å². The second-order valence-electron chi connectivity index (χ2n) is 3.74. The van der Waals surface area contributed by atoms with Gasteiger partial charge in [-0.1, -0.05) is 6.42 Å². The molecule has 4 nitrogen and oxygen atoms in total. The van der Waals surface area contributed by atoms with Crippen LogP contribution in [-0.4, -0.2) is 29.1 Å². The first-order valence-corrected chi connectivity index (χ1v) is 5.68. The molecular formula is C10H16Cl2N4. The van der Waals surface area contributed by atoms with Crippen LogP contribution < -0.4 is 10.6 Å². The summed E-state index contributed by atoms with van der Waals surface area (Å²) in [5, 5.41) is 7.01. The van der Waals surface area contributed by atoms with Gasteiger partial charge < -0.3 is 10.6 Å². The number of hydrogen-bond donors (Lipinski definition) is 2. The Bertz CT molecular complexity index is 315. The molecule has 0 saturated carbocycles. The van der Waals surface area contributed by atoms with Crippen molar-refractivity contribution < 1.29 is 0 Å². The SMILES string of the molecule is Cl.Clc1nccc(NCC2CCCCN2)n1. The Morgan fingerprint density at radius 3 is 3.06 bits per heavy atom. The second-order valence-corrected chi connectivity index (χ2v) is 4.08. The van der Waals surface area contributed by atoms with E-state index in [1.54, 1.807) is 6.20 Å². The van der Waals surface area contributed by atoms with E-state index in [0.29, 0.717) is 6.04 Å². The van der Waals surface area contributed by atoms with Crippen LogP contribution >= 0.6 is 24.0 Å². The molecule has 90 valence electrons. The maximum absolute atomic E-state index is 5.69. The molecule has 1 aliphatic heterocycles. The highest BCUT2D eigenvalue weighted by Crippen LogP contribution is 2.09. The normalized spacial score (nSPS) is 19.9. The molecule has 1 aromatic heterocycles. The van der Waals surface area contributed by atoms with Crippen molar-refractivity contribution in [3.63, 3.8) is 0 Å². The minimum Gasteiger partial charge on any atom is -0.368 e. The zero-order valence-corrected chi connectivity index (χ0v) is 10.5. The maximum atomic E-state index is 5.69. The van der Waals surface area contributed by atoms with Gasteiger partial charge in [-0.3, -0.25) is 0 Å². The van der Waals surface area contributed by atoms with Gasteiger partial charge in [0, 0.05) is 18.8 Å². The Hall–Kier alpha value is -0.580. The summed E-state index contributed by atoms with van der Waals surface area (Å²) in [6.07, 6.45) is 5.48. The van der Waals surface area contributed by atoms with E-state index in [1.165, 1.54) is 19.3 Å². The number of rotatable bonds is 3. The molecular weight excluding hydrogens is 247 g/mol. The third-order valence-electron chi connectivity index (χ3n) is 2.57.